The van der Waals surface area contributed by atoms with Gasteiger partial charge < -0.3 is 5.11 Å². The van der Waals surface area contributed by atoms with E-state index in [2.05, 4.69) is 33.8 Å². The number of aromatic carboxylic acids is 1. The van der Waals surface area contributed by atoms with Crippen LogP contribution in [0.3, 0.4) is 0 Å². The van der Waals surface area contributed by atoms with Crippen LogP contribution in [0.1, 0.15) is 61.7 Å². The SMILES string of the molecule is CCC=Cc1nc(C(C)(C)C)nn1Cc1ccc(-c2ccccc2C(=O)O)cc1. The van der Waals surface area contributed by atoms with E-state index in [0.717, 1.165) is 29.2 Å². The Hall–Kier alpha value is -3.21. The number of carboxylic acids is 1. The Morgan fingerprint density at radius 2 is 1.79 bits per heavy atom. The number of aromatic nitrogens is 3. The molecule has 0 fully saturated rings. The number of carbonyl (C=O) groups is 1. The highest BCUT2D eigenvalue weighted by atomic mass is 16.4. The summed E-state index contributed by atoms with van der Waals surface area (Å²) in [7, 11) is 0. The fraction of sp³-hybridized carbons (Fsp3) is 0.292. The minimum absolute atomic E-state index is 0.121. The molecule has 0 bridgehead atoms. The lowest BCUT2D eigenvalue weighted by molar-refractivity contribution is 0.0697. The van der Waals surface area contributed by atoms with Gasteiger partial charge in [0.1, 0.15) is 0 Å². The Morgan fingerprint density at radius 1 is 1.10 bits per heavy atom. The molecular formula is C24H27N3O2. The molecule has 0 radical (unpaired) electrons. The summed E-state index contributed by atoms with van der Waals surface area (Å²) in [6.45, 7) is 9.01. The Balaban J connectivity index is 1.90. The fourth-order valence-electron chi connectivity index (χ4n) is 3.02. The van der Waals surface area contributed by atoms with Gasteiger partial charge in [-0.05, 0) is 35.3 Å². The molecule has 1 aromatic heterocycles. The molecule has 150 valence electrons. The van der Waals surface area contributed by atoms with E-state index in [0.29, 0.717) is 17.7 Å². The largest absolute Gasteiger partial charge is 0.478 e. The van der Waals surface area contributed by atoms with Crippen molar-refractivity contribution in [3.63, 3.8) is 0 Å². The van der Waals surface area contributed by atoms with Crippen molar-refractivity contribution >= 4 is 12.0 Å². The van der Waals surface area contributed by atoms with Crippen LogP contribution in [0.15, 0.2) is 54.6 Å². The fourth-order valence-corrected chi connectivity index (χ4v) is 3.02. The van der Waals surface area contributed by atoms with Crippen molar-refractivity contribution in [3.05, 3.63) is 77.4 Å². The van der Waals surface area contributed by atoms with Crippen LogP contribution in [0.4, 0.5) is 0 Å². The van der Waals surface area contributed by atoms with Gasteiger partial charge in [-0.1, -0.05) is 76.2 Å². The van der Waals surface area contributed by atoms with E-state index in [4.69, 9.17) is 10.1 Å². The maximum Gasteiger partial charge on any atom is 0.336 e. The zero-order chi connectivity index (χ0) is 21.0. The van der Waals surface area contributed by atoms with Gasteiger partial charge in [0.15, 0.2) is 11.6 Å². The van der Waals surface area contributed by atoms with Crippen molar-refractivity contribution in [1.82, 2.24) is 14.8 Å². The number of rotatable bonds is 6. The van der Waals surface area contributed by atoms with Crippen LogP contribution in [0, 0.1) is 0 Å². The van der Waals surface area contributed by atoms with Crippen molar-refractivity contribution in [2.45, 2.75) is 46.1 Å². The maximum atomic E-state index is 11.5. The first-order valence-corrected chi connectivity index (χ1v) is 9.83. The lowest BCUT2D eigenvalue weighted by atomic mass is 9.96. The molecule has 0 amide bonds. The molecule has 0 aliphatic heterocycles. The monoisotopic (exact) mass is 389 g/mol. The second-order valence-electron chi connectivity index (χ2n) is 8.06. The summed E-state index contributed by atoms with van der Waals surface area (Å²) in [5.74, 6) is 0.742. The zero-order valence-corrected chi connectivity index (χ0v) is 17.4. The minimum Gasteiger partial charge on any atom is -0.478 e. The molecule has 0 atom stereocenters. The van der Waals surface area contributed by atoms with Crippen molar-refractivity contribution in [1.29, 1.82) is 0 Å². The van der Waals surface area contributed by atoms with Gasteiger partial charge in [-0.15, -0.1) is 0 Å². The van der Waals surface area contributed by atoms with E-state index in [1.54, 1.807) is 12.1 Å². The normalized spacial score (nSPS) is 11.9. The summed E-state index contributed by atoms with van der Waals surface area (Å²) in [4.78, 5) is 16.2. The highest BCUT2D eigenvalue weighted by Gasteiger charge is 2.21. The predicted molar refractivity (Wildman–Crippen MR) is 116 cm³/mol. The zero-order valence-electron chi connectivity index (χ0n) is 17.4. The molecule has 5 heteroatoms. The molecular weight excluding hydrogens is 362 g/mol. The quantitative estimate of drug-likeness (QED) is 0.612. The summed E-state index contributed by atoms with van der Waals surface area (Å²) < 4.78 is 1.92. The van der Waals surface area contributed by atoms with Crippen LogP contribution in [-0.2, 0) is 12.0 Å². The van der Waals surface area contributed by atoms with Crippen molar-refractivity contribution in [2.24, 2.45) is 0 Å². The van der Waals surface area contributed by atoms with Crippen molar-refractivity contribution < 1.29 is 9.90 Å². The van der Waals surface area contributed by atoms with Gasteiger partial charge in [0.2, 0.25) is 0 Å². The molecule has 0 spiro atoms. The summed E-state index contributed by atoms with van der Waals surface area (Å²) in [5.41, 5.74) is 2.86. The van der Waals surface area contributed by atoms with E-state index in [1.165, 1.54) is 0 Å². The van der Waals surface area contributed by atoms with Crippen LogP contribution in [0.2, 0.25) is 0 Å². The number of hydrogen-bond donors (Lipinski definition) is 1. The van der Waals surface area contributed by atoms with Crippen LogP contribution in [0.25, 0.3) is 17.2 Å². The molecule has 0 unspecified atom stereocenters. The van der Waals surface area contributed by atoms with Gasteiger partial charge in [-0.2, -0.15) is 5.10 Å². The first kappa shape index (κ1) is 20.5. The highest BCUT2D eigenvalue weighted by molar-refractivity contribution is 5.95. The van der Waals surface area contributed by atoms with Crippen molar-refractivity contribution in [2.75, 3.05) is 0 Å². The Morgan fingerprint density at radius 3 is 2.41 bits per heavy atom. The van der Waals surface area contributed by atoms with Crippen molar-refractivity contribution in [3.8, 4) is 11.1 Å². The maximum absolute atomic E-state index is 11.5. The standard InChI is InChI=1S/C24H27N3O2/c1-5-6-11-21-25-23(24(2,3)4)26-27(21)16-17-12-14-18(15-13-17)19-9-7-8-10-20(19)22(28)29/h6-15H,5,16H2,1-4H3,(H,28,29). The molecule has 2 aromatic carbocycles. The van der Waals surface area contributed by atoms with Gasteiger partial charge in [-0.25, -0.2) is 14.5 Å². The second-order valence-corrected chi connectivity index (χ2v) is 8.06. The molecule has 29 heavy (non-hydrogen) atoms. The number of nitrogens with zero attached hydrogens (tertiary/aromatic N) is 3. The molecule has 3 aromatic rings. The summed E-state index contributed by atoms with van der Waals surface area (Å²) in [6.07, 6.45) is 5.04. The minimum atomic E-state index is -0.922. The summed E-state index contributed by atoms with van der Waals surface area (Å²) >= 11 is 0. The molecule has 0 saturated heterocycles. The number of carboxylic acid groups (broad SMARTS) is 1. The number of hydrogen-bond acceptors (Lipinski definition) is 3. The van der Waals surface area contributed by atoms with Gasteiger partial charge in [0, 0.05) is 5.41 Å². The molecule has 5 nitrogen and oxygen atoms in total. The smallest absolute Gasteiger partial charge is 0.336 e. The van der Waals surface area contributed by atoms with Crippen LogP contribution in [-0.4, -0.2) is 25.8 Å². The number of allylic oxidation sites excluding steroid dienone is 1. The van der Waals surface area contributed by atoms with Crippen LogP contribution >= 0.6 is 0 Å². The highest BCUT2D eigenvalue weighted by Crippen LogP contribution is 2.25. The first-order chi connectivity index (χ1) is 13.8. The number of benzene rings is 2. The third kappa shape index (κ3) is 4.80. The summed E-state index contributed by atoms with van der Waals surface area (Å²) in [6, 6.07) is 15.0. The Labute approximate surface area is 171 Å². The Bertz CT molecular complexity index is 1030. The molecule has 0 saturated carbocycles. The Kier molecular flexibility index (Phi) is 5.97. The van der Waals surface area contributed by atoms with E-state index in [9.17, 15) is 9.90 Å². The van der Waals surface area contributed by atoms with Gasteiger partial charge >= 0.3 is 5.97 Å². The molecule has 3 rings (SSSR count). The van der Waals surface area contributed by atoms with Gasteiger partial charge in [0.25, 0.3) is 0 Å². The molecule has 0 aliphatic rings. The summed E-state index contributed by atoms with van der Waals surface area (Å²) in [5, 5.41) is 14.1. The second kappa shape index (κ2) is 8.43. The molecule has 1 N–H and O–H groups in total. The van der Waals surface area contributed by atoms with Crippen LogP contribution < -0.4 is 0 Å². The van der Waals surface area contributed by atoms with E-state index < -0.39 is 5.97 Å². The van der Waals surface area contributed by atoms with Gasteiger partial charge in [0.05, 0.1) is 12.1 Å². The van der Waals surface area contributed by atoms with Crippen LogP contribution in [0.5, 0.6) is 0 Å². The first-order valence-electron chi connectivity index (χ1n) is 9.83. The average Bonchev–Trinajstić information content (AvgIpc) is 3.10. The molecule has 1 heterocycles. The topological polar surface area (TPSA) is 68.0 Å². The van der Waals surface area contributed by atoms with E-state index >= 15 is 0 Å². The third-order valence-electron chi connectivity index (χ3n) is 4.63. The predicted octanol–water partition coefficient (Wildman–Crippen LogP) is 5.41. The average molecular weight is 389 g/mol. The molecule has 0 aliphatic carbocycles. The van der Waals surface area contributed by atoms with E-state index in [1.807, 2.05) is 47.2 Å². The van der Waals surface area contributed by atoms with Gasteiger partial charge in [-0.3, -0.25) is 0 Å². The lowest BCUT2D eigenvalue weighted by Crippen LogP contribution is -2.14. The third-order valence-corrected chi connectivity index (χ3v) is 4.63. The van der Waals surface area contributed by atoms with E-state index in [-0.39, 0.29) is 5.41 Å². The lowest BCUT2D eigenvalue weighted by Gasteiger charge is -2.12.